The van der Waals surface area contributed by atoms with E-state index in [-0.39, 0.29) is 18.1 Å². The fourth-order valence-electron chi connectivity index (χ4n) is 3.27. The van der Waals surface area contributed by atoms with Crippen LogP contribution >= 0.6 is 11.6 Å². The number of amides is 2. The Morgan fingerprint density at radius 1 is 1.10 bits per heavy atom. The highest BCUT2D eigenvalue weighted by Crippen LogP contribution is 2.21. The first-order valence-corrected chi connectivity index (χ1v) is 9.91. The zero-order valence-corrected chi connectivity index (χ0v) is 16.9. The fourth-order valence-corrected chi connectivity index (χ4v) is 3.46. The van der Waals surface area contributed by atoms with Crippen molar-refractivity contribution in [2.75, 3.05) is 37.6 Å². The van der Waals surface area contributed by atoms with E-state index < -0.39 is 5.91 Å². The van der Waals surface area contributed by atoms with Crippen LogP contribution in [0.3, 0.4) is 0 Å². The number of nitrogens with one attached hydrogen (secondary N) is 1. The number of piperazine rings is 1. The lowest BCUT2D eigenvalue weighted by Crippen LogP contribution is -2.51. The van der Waals surface area contributed by atoms with E-state index in [9.17, 15) is 9.59 Å². The van der Waals surface area contributed by atoms with Crippen LogP contribution in [0.5, 0.6) is 0 Å². The van der Waals surface area contributed by atoms with Crippen molar-refractivity contribution in [1.29, 1.82) is 0 Å². The minimum absolute atomic E-state index is 0.0922. The van der Waals surface area contributed by atoms with Crippen LogP contribution < -0.4 is 10.2 Å². The molecule has 0 bridgehead atoms. The van der Waals surface area contributed by atoms with Gasteiger partial charge in [0, 0.05) is 60.9 Å². The standard InChI is InChI=1S/C21H20ClN5O3/c22-16-4-1-5-17(11-16)26-7-9-27(10-8-26)20(28)14-24-21(29)18-12-19(30-25-18)15-3-2-6-23-13-15/h1-6,11-13H,7-10,14H2,(H,24,29). The molecule has 0 spiro atoms. The number of pyridine rings is 1. The number of anilines is 1. The van der Waals surface area contributed by atoms with Crippen molar-refractivity contribution < 1.29 is 14.1 Å². The summed E-state index contributed by atoms with van der Waals surface area (Å²) in [7, 11) is 0. The normalized spacial score (nSPS) is 13.9. The van der Waals surface area contributed by atoms with E-state index in [1.54, 1.807) is 23.4 Å². The van der Waals surface area contributed by atoms with E-state index >= 15 is 0 Å². The average molecular weight is 426 g/mol. The molecule has 1 N–H and O–H groups in total. The molecule has 0 atom stereocenters. The van der Waals surface area contributed by atoms with E-state index in [4.69, 9.17) is 16.1 Å². The number of rotatable bonds is 5. The molecule has 1 fully saturated rings. The first-order valence-electron chi connectivity index (χ1n) is 9.54. The van der Waals surface area contributed by atoms with E-state index in [2.05, 4.69) is 20.4 Å². The fraction of sp³-hybridized carbons (Fsp3) is 0.238. The van der Waals surface area contributed by atoms with E-state index in [1.165, 1.54) is 6.07 Å². The molecule has 2 aromatic heterocycles. The molecule has 3 aromatic rings. The second-order valence-electron chi connectivity index (χ2n) is 6.85. The molecular weight excluding hydrogens is 406 g/mol. The number of hydrogen-bond donors (Lipinski definition) is 1. The van der Waals surface area contributed by atoms with Crippen molar-refractivity contribution >= 4 is 29.1 Å². The van der Waals surface area contributed by atoms with Gasteiger partial charge < -0.3 is 19.6 Å². The highest BCUT2D eigenvalue weighted by Gasteiger charge is 2.22. The summed E-state index contributed by atoms with van der Waals surface area (Å²) < 4.78 is 5.20. The van der Waals surface area contributed by atoms with Gasteiger partial charge in [-0.05, 0) is 30.3 Å². The third-order valence-corrected chi connectivity index (χ3v) is 5.13. The van der Waals surface area contributed by atoms with Crippen molar-refractivity contribution in [2.24, 2.45) is 0 Å². The summed E-state index contributed by atoms with van der Waals surface area (Å²) >= 11 is 6.05. The quantitative estimate of drug-likeness (QED) is 0.675. The Morgan fingerprint density at radius 3 is 2.67 bits per heavy atom. The maximum absolute atomic E-state index is 12.5. The summed E-state index contributed by atoms with van der Waals surface area (Å²) in [5.41, 5.74) is 1.88. The van der Waals surface area contributed by atoms with Gasteiger partial charge in [-0.2, -0.15) is 0 Å². The minimum Gasteiger partial charge on any atom is -0.368 e. The van der Waals surface area contributed by atoms with Gasteiger partial charge in [0.05, 0.1) is 6.54 Å². The number of halogens is 1. The molecule has 0 saturated carbocycles. The van der Waals surface area contributed by atoms with Crippen LogP contribution in [-0.2, 0) is 4.79 Å². The Labute approximate surface area is 178 Å². The molecule has 30 heavy (non-hydrogen) atoms. The molecule has 1 aliphatic heterocycles. The van der Waals surface area contributed by atoms with Gasteiger partial charge >= 0.3 is 0 Å². The molecule has 3 heterocycles. The van der Waals surface area contributed by atoms with E-state index in [1.807, 2.05) is 30.3 Å². The summed E-state index contributed by atoms with van der Waals surface area (Å²) in [4.78, 5) is 32.7. The summed E-state index contributed by atoms with van der Waals surface area (Å²) in [5, 5.41) is 7.08. The van der Waals surface area contributed by atoms with Gasteiger partial charge in [0.25, 0.3) is 5.91 Å². The second kappa shape index (κ2) is 8.96. The maximum Gasteiger partial charge on any atom is 0.273 e. The van der Waals surface area contributed by atoms with Crippen molar-refractivity contribution in [3.8, 4) is 11.3 Å². The molecule has 0 aliphatic carbocycles. The predicted molar refractivity (Wildman–Crippen MR) is 112 cm³/mol. The van der Waals surface area contributed by atoms with E-state index in [0.29, 0.717) is 37.0 Å². The van der Waals surface area contributed by atoms with Crippen LogP contribution in [-0.4, -0.2) is 59.6 Å². The second-order valence-corrected chi connectivity index (χ2v) is 7.28. The lowest BCUT2D eigenvalue weighted by molar-refractivity contribution is -0.130. The van der Waals surface area contributed by atoms with Crippen LogP contribution in [0.15, 0.2) is 59.4 Å². The molecule has 1 aliphatic rings. The summed E-state index contributed by atoms with van der Waals surface area (Å²) in [6.45, 7) is 2.48. The third-order valence-electron chi connectivity index (χ3n) is 4.89. The van der Waals surface area contributed by atoms with Crippen molar-refractivity contribution in [3.63, 3.8) is 0 Å². The molecule has 0 unspecified atom stereocenters. The molecule has 4 rings (SSSR count). The molecular formula is C21H20ClN5O3. The lowest BCUT2D eigenvalue weighted by atomic mass is 10.2. The van der Waals surface area contributed by atoms with Gasteiger partial charge in [0.2, 0.25) is 5.91 Å². The molecule has 8 nitrogen and oxygen atoms in total. The Hall–Kier alpha value is -3.39. The molecule has 1 saturated heterocycles. The van der Waals surface area contributed by atoms with Gasteiger partial charge in [-0.1, -0.05) is 22.8 Å². The first-order chi connectivity index (χ1) is 14.6. The third kappa shape index (κ3) is 4.60. The monoisotopic (exact) mass is 425 g/mol. The SMILES string of the molecule is O=C(NCC(=O)N1CCN(c2cccc(Cl)c2)CC1)c1cc(-c2cccnc2)on1. The number of nitrogens with zero attached hydrogens (tertiary/aromatic N) is 4. The zero-order chi connectivity index (χ0) is 20.9. The minimum atomic E-state index is -0.459. The number of hydrogen-bond acceptors (Lipinski definition) is 6. The maximum atomic E-state index is 12.5. The molecule has 0 radical (unpaired) electrons. The first kappa shape index (κ1) is 19.9. The van der Waals surface area contributed by atoms with Crippen LogP contribution in [0, 0.1) is 0 Å². The Kier molecular flexibility index (Phi) is 5.94. The number of benzene rings is 1. The Balaban J connectivity index is 1.27. The van der Waals surface area contributed by atoms with Gasteiger partial charge in [0.15, 0.2) is 11.5 Å². The topological polar surface area (TPSA) is 91.6 Å². The number of carbonyl (C=O) groups is 2. The predicted octanol–water partition coefficient (Wildman–Crippen LogP) is 2.47. The zero-order valence-electron chi connectivity index (χ0n) is 16.1. The lowest BCUT2D eigenvalue weighted by Gasteiger charge is -2.36. The average Bonchev–Trinajstić information content (AvgIpc) is 3.28. The van der Waals surface area contributed by atoms with E-state index in [0.717, 1.165) is 11.3 Å². The van der Waals surface area contributed by atoms with Gasteiger partial charge in [-0.25, -0.2) is 0 Å². The molecule has 1 aromatic carbocycles. The van der Waals surface area contributed by atoms with Gasteiger partial charge in [-0.3, -0.25) is 14.6 Å². The smallest absolute Gasteiger partial charge is 0.273 e. The van der Waals surface area contributed by atoms with Gasteiger partial charge in [0.1, 0.15) is 0 Å². The molecule has 154 valence electrons. The Bertz CT molecular complexity index is 1030. The highest BCUT2D eigenvalue weighted by molar-refractivity contribution is 6.30. The van der Waals surface area contributed by atoms with Crippen LogP contribution in [0.1, 0.15) is 10.5 Å². The Morgan fingerprint density at radius 2 is 1.93 bits per heavy atom. The molecule has 9 heteroatoms. The van der Waals surface area contributed by atoms with Crippen LogP contribution in [0.2, 0.25) is 5.02 Å². The van der Waals surface area contributed by atoms with Crippen molar-refractivity contribution in [2.45, 2.75) is 0 Å². The largest absolute Gasteiger partial charge is 0.368 e. The van der Waals surface area contributed by atoms with Crippen molar-refractivity contribution in [1.82, 2.24) is 20.4 Å². The van der Waals surface area contributed by atoms with Crippen molar-refractivity contribution in [3.05, 3.63) is 65.6 Å². The van der Waals surface area contributed by atoms with Crippen LogP contribution in [0.4, 0.5) is 5.69 Å². The summed E-state index contributed by atoms with van der Waals surface area (Å²) in [5.74, 6) is -0.151. The van der Waals surface area contributed by atoms with Gasteiger partial charge in [-0.15, -0.1) is 0 Å². The highest BCUT2D eigenvalue weighted by atomic mass is 35.5. The summed E-state index contributed by atoms with van der Waals surface area (Å²) in [6.07, 6.45) is 3.27. The number of aromatic nitrogens is 2. The van der Waals surface area contributed by atoms with Crippen LogP contribution in [0.25, 0.3) is 11.3 Å². The summed E-state index contributed by atoms with van der Waals surface area (Å²) in [6, 6.07) is 12.8. The number of carbonyl (C=O) groups excluding carboxylic acids is 2. The molecule has 2 amide bonds.